The number of amidine groups is 1. The van der Waals surface area contributed by atoms with E-state index in [9.17, 15) is 4.39 Å². The highest BCUT2D eigenvalue weighted by Gasteiger charge is 2.63. The summed E-state index contributed by atoms with van der Waals surface area (Å²) >= 11 is 0. The lowest BCUT2D eigenvalue weighted by Gasteiger charge is -2.42. The van der Waals surface area contributed by atoms with E-state index in [2.05, 4.69) is 4.99 Å². The van der Waals surface area contributed by atoms with Crippen molar-refractivity contribution in [2.45, 2.75) is 37.8 Å². The summed E-state index contributed by atoms with van der Waals surface area (Å²) < 4.78 is 51.0. The number of nitrogens with zero attached hydrogens (tertiary/aromatic N) is 2. The molecule has 0 saturated heterocycles. The number of nitriles is 1. The molecule has 2 aromatic carbocycles. The summed E-state index contributed by atoms with van der Waals surface area (Å²) in [7, 11) is 0. The van der Waals surface area contributed by atoms with Gasteiger partial charge in [-0.3, -0.25) is 4.99 Å². The molecule has 0 amide bonds. The van der Waals surface area contributed by atoms with Gasteiger partial charge in [0, 0.05) is 5.56 Å². The zero-order valence-corrected chi connectivity index (χ0v) is 15.8. The van der Waals surface area contributed by atoms with Gasteiger partial charge >= 0.3 is 5.92 Å². The third kappa shape index (κ3) is 3.04. The molecular weight excluding hydrogens is 367 g/mol. The van der Waals surface area contributed by atoms with Gasteiger partial charge in [-0.15, -0.1) is 0 Å². The summed E-state index contributed by atoms with van der Waals surface area (Å²) in [5, 5.41) is 9.08. The zero-order valence-electron chi connectivity index (χ0n) is 15.8. The third-order valence-electron chi connectivity index (χ3n) is 5.13. The van der Waals surface area contributed by atoms with E-state index in [0.717, 1.165) is 13.0 Å². The molecule has 3 rings (SSSR count). The lowest BCUT2D eigenvalue weighted by molar-refractivity contribution is -0.214. The van der Waals surface area contributed by atoms with Gasteiger partial charge in [-0.25, -0.2) is 13.2 Å². The maximum Gasteiger partial charge on any atom is 0.304 e. The van der Waals surface area contributed by atoms with E-state index < -0.39 is 22.9 Å². The molecule has 1 aliphatic heterocycles. The van der Waals surface area contributed by atoms with Crippen LogP contribution in [0, 0.1) is 17.1 Å². The predicted molar refractivity (Wildman–Crippen MR) is 101 cm³/mol. The molecule has 146 valence electrons. The first kappa shape index (κ1) is 19.9. The zero-order chi connectivity index (χ0) is 20.7. The molecule has 2 N–H and O–H groups in total. The van der Waals surface area contributed by atoms with Crippen molar-refractivity contribution in [1.29, 1.82) is 5.26 Å². The molecule has 28 heavy (non-hydrogen) atoms. The van der Waals surface area contributed by atoms with Crippen LogP contribution in [-0.4, -0.2) is 24.0 Å². The summed E-state index contributed by atoms with van der Waals surface area (Å²) in [6.07, 6.45) is 0. The van der Waals surface area contributed by atoms with E-state index in [4.69, 9.17) is 15.7 Å². The minimum Gasteiger partial charge on any atom is -0.385 e. The fourth-order valence-corrected chi connectivity index (χ4v) is 3.40. The van der Waals surface area contributed by atoms with Gasteiger partial charge in [0.1, 0.15) is 23.9 Å². The Kier molecular flexibility index (Phi) is 4.72. The van der Waals surface area contributed by atoms with Crippen molar-refractivity contribution in [2.75, 3.05) is 6.61 Å². The average Bonchev–Trinajstić information content (AvgIpc) is 2.71. The summed E-state index contributed by atoms with van der Waals surface area (Å²) in [6.45, 7) is 3.35. The maximum atomic E-state index is 15.5. The van der Waals surface area contributed by atoms with Gasteiger partial charge in [0.15, 0.2) is 5.54 Å². The Morgan fingerprint density at radius 2 is 1.79 bits per heavy atom. The molecule has 0 saturated carbocycles. The van der Waals surface area contributed by atoms with Crippen molar-refractivity contribution < 1.29 is 17.9 Å². The molecular formula is C21H20F3N3O. The van der Waals surface area contributed by atoms with Crippen molar-refractivity contribution in [2.24, 2.45) is 10.7 Å². The number of halogens is 3. The lowest BCUT2D eigenvalue weighted by Crippen LogP contribution is -2.56. The van der Waals surface area contributed by atoms with Crippen molar-refractivity contribution >= 4 is 5.84 Å². The Hall–Kier alpha value is -2.85. The van der Waals surface area contributed by atoms with Crippen molar-refractivity contribution in [3.63, 3.8) is 0 Å². The summed E-state index contributed by atoms with van der Waals surface area (Å²) in [6, 6.07) is 12.6. The third-order valence-corrected chi connectivity index (χ3v) is 5.13. The van der Waals surface area contributed by atoms with Crippen LogP contribution >= 0.6 is 0 Å². The molecule has 2 aromatic rings. The SMILES string of the molecule is CC1(C)OCC(N)=NC(C)(c2cc(-c3cccc(C#N)c3)ccc2F)C1(F)F. The highest BCUT2D eigenvalue weighted by molar-refractivity contribution is 5.82. The molecule has 7 heteroatoms. The normalized spacial score (nSPS) is 23.4. The predicted octanol–water partition coefficient (Wildman–Crippen LogP) is 4.38. The van der Waals surface area contributed by atoms with E-state index in [1.165, 1.54) is 26.0 Å². The first-order chi connectivity index (χ1) is 13.0. The summed E-state index contributed by atoms with van der Waals surface area (Å²) in [4.78, 5) is 3.98. The molecule has 0 aliphatic carbocycles. The Morgan fingerprint density at radius 3 is 2.46 bits per heavy atom. The second-order valence-corrected chi connectivity index (χ2v) is 7.44. The first-order valence-corrected chi connectivity index (χ1v) is 8.68. The minimum absolute atomic E-state index is 0.135. The summed E-state index contributed by atoms with van der Waals surface area (Å²) in [5.41, 5.74) is 2.77. The van der Waals surface area contributed by atoms with Crippen LogP contribution in [0.2, 0.25) is 0 Å². The quantitative estimate of drug-likeness (QED) is 0.831. The number of aliphatic imine (C=N–C) groups is 1. The van der Waals surface area contributed by atoms with Gasteiger partial charge in [0.2, 0.25) is 0 Å². The fourth-order valence-electron chi connectivity index (χ4n) is 3.40. The van der Waals surface area contributed by atoms with Crippen LogP contribution < -0.4 is 5.73 Å². The molecule has 0 radical (unpaired) electrons. The van der Waals surface area contributed by atoms with Gasteiger partial charge in [0.25, 0.3) is 0 Å². The molecule has 0 spiro atoms. The number of hydrogen-bond donors (Lipinski definition) is 1. The molecule has 0 fully saturated rings. The number of alkyl halides is 2. The molecule has 1 aliphatic rings. The highest BCUT2D eigenvalue weighted by atomic mass is 19.3. The van der Waals surface area contributed by atoms with Crippen LogP contribution in [0.1, 0.15) is 31.9 Å². The number of ether oxygens (including phenoxy) is 1. The average molecular weight is 387 g/mol. The largest absolute Gasteiger partial charge is 0.385 e. The number of benzene rings is 2. The minimum atomic E-state index is -3.56. The topological polar surface area (TPSA) is 71.4 Å². The molecule has 4 nitrogen and oxygen atoms in total. The number of nitrogens with two attached hydrogens (primary N) is 1. The van der Waals surface area contributed by atoms with Crippen molar-refractivity contribution in [3.8, 4) is 17.2 Å². The lowest BCUT2D eigenvalue weighted by atomic mass is 9.77. The Bertz CT molecular complexity index is 995. The number of rotatable bonds is 2. The smallest absolute Gasteiger partial charge is 0.304 e. The van der Waals surface area contributed by atoms with Gasteiger partial charge in [-0.05, 0) is 56.2 Å². The Labute approximate surface area is 161 Å². The van der Waals surface area contributed by atoms with Crippen molar-refractivity contribution in [1.82, 2.24) is 0 Å². The number of hydrogen-bond acceptors (Lipinski definition) is 4. The molecule has 1 unspecified atom stereocenters. The fraction of sp³-hybridized carbons (Fsp3) is 0.333. The summed E-state index contributed by atoms with van der Waals surface area (Å²) in [5.74, 6) is -4.52. The van der Waals surface area contributed by atoms with Gasteiger partial charge in [0.05, 0.1) is 11.6 Å². The first-order valence-electron chi connectivity index (χ1n) is 8.68. The molecule has 0 bridgehead atoms. The monoisotopic (exact) mass is 387 g/mol. The van der Waals surface area contributed by atoms with Crippen molar-refractivity contribution in [3.05, 3.63) is 59.4 Å². The van der Waals surface area contributed by atoms with Crippen LogP contribution in [0.3, 0.4) is 0 Å². The molecule has 1 atom stereocenters. The van der Waals surface area contributed by atoms with Crippen LogP contribution in [0.15, 0.2) is 47.5 Å². The van der Waals surface area contributed by atoms with E-state index in [-0.39, 0.29) is 18.0 Å². The van der Waals surface area contributed by atoms with Gasteiger partial charge in [-0.1, -0.05) is 18.2 Å². The van der Waals surface area contributed by atoms with E-state index >= 15 is 8.78 Å². The second kappa shape index (κ2) is 6.64. The second-order valence-electron chi connectivity index (χ2n) is 7.44. The van der Waals surface area contributed by atoms with E-state index in [0.29, 0.717) is 16.7 Å². The maximum absolute atomic E-state index is 15.5. The van der Waals surface area contributed by atoms with Crippen LogP contribution in [0.25, 0.3) is 11.1 Å². The van der Waals surface area contributed by atoms with E-state index in [1.807, 2.05) is 6.07 Å². The van der Waals surface area contributed by atoms with E-state index in [1.54, 1.807) is 24.3 Å². The standard InChI is InChI=1S/C21H20F3N3O/c1-19(2)21(23,24)20(3,27-18(26)12-28-19)16-10-15(7-8-17(16)22)14-6-4-5-13(9-14)11-25/h4-10H,12H2,1-3H3,(H2,26,27). The van der Waals surface area contributed by atoms with Crippen LogP contribution in [0.5, 0.6) is 0 Å². The Morgan fingerprint density at radius 1 is 1.11 bits per heavy atom. The molecule has 0 aromatic heterocycles. The van der Waals surface area contributed by atoms with Crippen LogP contribution in [0.4, 0.5) is 13.2 Å². The highest BCUT2D eigenvalue weighted by Crippen LogP contribution is 2.51. The van der Waals surface area contributed by atoms with Gasteiger partial charge in [-0.2, -0.15) is 5.26 Å². The Balaban J connectivity index is 2.24. The molecule has 1 heterocycles. The van der Waals surface area contributed by atoms with Gasteiger partial charge < -0.3 is 10.5 Å². The van der Waals surface area contributed by atoms with Crippen LogP contribution in [-0.2, 0) is 10.3 Å².